The van der Waals surface area contributed by atoms with Crippen LogP contribution < -0.4 is 9.64 Å². The minimum absolute atomic E-state index is 0.0996. The molecule has 7 nitrogen and oxygen atoms in total. The summed E-state index contributed by atoms with van der Waals surface area (Å²) < 4.78 is 5.60. The zero-order valence-electron chi connectivity index (χ0n) is 24.4. The lowest BCUT2D eigenvalue weighted by molar-refractivity contribution is -0.132. The highest BCUT2D eigenvalue weighted by Crippen LogP contribution is 2.32. The number of hydrogen-bond acceptors (Lipinski definition) is 5. The molecule has 1 fully saturated rings. The first-order valence-electron chi connectivity index (χ1n) is 15.1. The van der Waals surface area contributed by atoms with Crippen LogP contribution in [0.2, 0.25) is 0 Å². The molecule has 2 atom stereocenters. The molecule has 0 saturated carbocycles. The van der Waals surface area contributed by atoms with Gasteiger partial charge in [-0.15, -0.1) is 0 Å². The number of amides is 2. The van der Waals surface area contributed by atoms with E-state index >= 15 is 0 Å². The Morgan fingerprint density at radius 2 is 1.63 bits per heavy atom. The van der Waals surface area contributed by atoms with Gasteiger partial charge in [0.1, 0.15) is 5.75 Å². The molecule has 7 heteroatoms. The summed E-state index contributed by atoms with van der Waals surface area (Å²) in [6, 6.07) is 20.7. The Bertz CT molecular complexity index is 1300. The van der Waals surface area contributed by atoms with Crippen LogP contribution in [0.5, 0.6) is 5.75 Å². The van der Waals surface area contributed by atoms with Crippen molar-refractivity contribution in [2.24, 2.45) is 0 Å². The number of pyridine rings is 1. The van der Waals surface area contributed by atoms with Crippen molar-refractivity contribution in [1.29, 1.82) is 0 Å². The van der Waals surface area contributed by atoms with E-state index in [1.165, 1.54) is 5.56 Å². The first-order chi connectivity index (χ1) is 20.1. The molecule has 0 radical (unpaired) electrons. The van der Waals surface area contributed by atoms with Crippen molar-refractivity contribution in [3.8, 4) is 5.75 Å². The third kappa shape index (κ3) is 7.14. The van der Waals surface area contributed by atoms with Crippen molar-refractivity contribution in [2.75, 3.05) is 24.6 Å². The van der Waals surface area contributed by atoms with Gasteiger partial charge in [0.15, 0.2) is 0 Å². The maximum atomic E-state index is 14.0. The van der Waals surface area contributed by atoms with E-state index in [9.17, 15) is 9.59 Å². The van der Waals surface area contributed by atoms with Gasteiger partial charge in [-0.25, -0.2) is 0 Å². The zero-order chi connectivity index (χ0) is 28.6. The van der Waals surface area contributed by atoms with E-state index in [0.29, 0.717) is 45.1 Å². The summed E-state index contributed by atoms with van der Waals surface area (Å²) in [5, 5.41) is 0. The SMILES string of the molecule is CCOc1ccc(CC(=O)N2Cc3ccccc3N(C(=O)CC)CCC3CCCC(C2)N3Cc2ccncc2)cc1. The number of ether oxygens (including phenoxy) is 1. The number of carbonyl (C=O) groups excluding carboxylic acids is 2. The van der Waals surface area contributed by atoms with Crippen molar-refractivity contribution >= 4 is 17.5 Å². The summed E-state index contributed by atoms with van der Waals surface area (Å²) in [5.74, 6) is 1.04. The predicted molar refractivity (Wildman–Crippen MR) is 162 cm³/mol. The fraction of sp³-hybridized carbons (Fsp3) is 0.441. The zero-order valence-corrected chi connectivity index (χ0v) is 24.4. The number of nitrogens with zero attached hydrogens (tertiary/aromatic N) is 4. The summed E-state index contributed by atoms with van der Waals surface area (Å²) in [5.41, 5.74) is 4.14. The van der Waals surface area contributed by atoms with Crippen LogP contribution in [-0.4, -0.2) is 58.4 Å². The first-order valence-corrected chi connectivity index (χ1v) is 15.1. The van der Waals surface area contributed by atoms with Gasteiger partial charge < -0.3 is 14.5 Å². The van der Waals surface area contributed by atoms with Gasteiger partial charge in [-0.1, -0.05) is 43.7 Å². The number of carbonyl (C=O) groups is 2. The Labute approximate surface area is 244 Å². The summed E-state index contributed by atoms with van der Waals surface area (Å²) >= 11 is 0. The van der Waals surface area contributed by atoms with Gasteiger partial charge in [0.25, 0.3) is 0 Å². The second-order valence-electron chi connectivity index (χ2n) is 11.1. The number of para-hydroxylation sites is 1. The first kappa shape index (κ1) is 28.8. The number of piperidine rings is 1. The van der Waals surface area contributed by atoms with Crippen molar-refractivity contribution < 1.29 is 14.3 Å². The fourth-order valence-corrected chi connectivity index (χ4v) is 6.31. The van der Waals surface area contributed by atoms with Crippen LogP contribution >= 0.6 is 0 Å². The van der Waals surface area contributed by atoms with Gasteiger partial charge in [-0.2, -0.15) is 0 Å². The summed E-state index contributed by atoms with van der Waals surface area (Å²) in [6.45, 7) is 7.13. The minimum atomic E-state index is 0.0996. The lowest BCUT2D eigenvalue weighted by Crippen LogP contribution is -2.52. The lowest BCUT2D eigenvalue weighted by atomic mass is 9.92. The second kappa shape index (κ2) is 13.8. The molecule has 0 spiro atoms. The third-order valence-corrected chi connectivity index (χ3v) is 8.43. The molecule has 2 aromatic carbocycles. The smallest absolute Gasteiger partial charge is 0.227 e. The molecule has 3 aromatic rings. The molecular formula is C34H42N4O3. The topological polar surface area (TPSA) is 66.0 Å². The summed E-state index contributed by atoms with van der Waals surface area (Å²) in [7, 11) is 0. The highest BCUT2D eigenvalue weighted by molar-refractivity contribution is 5.94. The molecule has 2 bridgehead atoms. The molecule has 2 amide bonds. The quantitative estimate of drug-likeness (QED) is 0.379. The van der Waals surface area contributed by atoms with E-state index in [0.717, 1.165) is 54.8 Å². The van der Waals surface area contributed by atoms with Crippen molar-refractivity contribution in [1.82, 2.24) is 14.8 Å². The highest BCUT2D eigenvalue weighted by Gasteiger charge is 2.34. The predicted octanol–water partition coefficient (Wildman–Crippen LogP) is 5.62. The molecule has 1 saturated heterocycles. The summed E-state index contributed by atoms with van der Waals surface area (Å²) in [6.07, 6.45) is 8.64. The van der Waals surface area contributed by atoms with Gasteiger partial charge in [-0.05, 0) is 73.2 Å². The van der Waals surface area contributed by atoms with Crippen LogP contribution in [0.15, 0.2) is 73.1 Å². The van der Waals surface area contributed by atoms with Gasteiger partial charge in [0.05, 0.1) is 13.0 Å². The fourth-order valence-electron chi connectivity index (χ4n) is 6.31. The molecule has 5 rings (SSSR count). The van der Waals surface area contributed by atoms with Gasteiger partial charge in [0.2, 0.25) is 11.8 Å². The Hall–Kier alpha value is -3.71. The average Bonchev–Trinajstić information content (AvgIpc) is 3.01. The molecule has 2 aliphatic heterocycles. The monoisotopic (exact) mass is 554 g/mol. The maximum Gasteiger partial charge on any atom is 0.227 e. The van der Waals surface area contributed by atoms with Crippen LogP contribution in [0.25, 0.3) is 0 Å². The van der Waals surface area contributed by atoms with Crippen LogP contribution in [0.4, 0.5) is 5.69 Å². The third-order valence-electron chi connectivity index (χ3n) is 8.43. The van der Waals surface area contributed by atoms with Crippen molar-refractivity contribution in [2.45, 2.75) is 77.5 Å². The number of hydrogen-bond donors (Lipinski definition) is 0. The molecule has 216 valence electrons. The Morgan fingerprint density at radius 1 is 0.878 bits per heavy atom. The standard InChI is InChI=1S/C34H42N4O3/c1-3-33(39)37-21-18-29-9-7-10-30(38(29)23-27-16-19-35-20-17-27)25-36(24-28-8-5-6-11-32(28)37)34(40)22-26-12-14-31(15-13-26)41-4-2/h5-6,8,11-17,19-20,29-30H,3-4,7,9-10,18,21-25H2,1-2H3. The molecule has 41 heavy (non-hydrogen) atoms. The second-order valence-corrected chi connectivity index (χ2v) is 11.1. The van der Waals surface area contributed by atoms with Crippen LogP contribution in [0.3, 0.4) is 0 Å². The maximum absolute atomic E-state index is 14.0. The number of aromatic nitrogens is 1. The van der Waals surface area contributed by atoms with Crippen molar-refractivity contribution in [3.05, 3.63) is 89.7 Å². The van der Waals surface area contributed by atoms with E-state index in [1.54, 1.807) is 0 Å². The Morgan fingerprint density at radius 3 is 2.39 bits per heavy atom. The minimum Gasteiger partial charge on any atom is -0.494 e. The molecule has 0 N–H and O–H groups in total. The number of rotatable bonds is 7. The molecule has 1 aromatic heterocycles. The van der Waals surface area contributed by atoms with Crippen LogP contribution in [-0.2, 0) is 29.1 Å². The van der Waals surface area contributed by atoms with E-state index in [2.05, 4.69) is 28.1 Å². The lowest BCUT2D eigenvalue weighted by Gasteiger charge is -2.44. The largest absolute Gasteiger partial charge is 0.494 e. The molecule has 3 heterocycles. The van der Waals surface area contributed by atoms with Gasteiger partial charge in [0, 0.05) is 62.8 Å². The molecule has 2 unspecified atom stereocenters. The van der Waals surface area contributed by atoms with Crippen LogP contribution in [0, 0.1) is 0 Å². The number of fused-ring (bicyclic) bond motifs is 3. The Balaban J connectivity index is 1.49. The van der Waals surface area contributed by atoms with Crippen molar-refractivity contribution in [3.63, 3.8) is 0 Å². The highest BCUT2D eigenvalue weighted by atomic mass is 16.5. The molecule has 0 aliphatic carbocycles. The Kier molecular flexibility index (Phi) is 9.67. The van der Waals surface area contributed by atoms with E-state index in [1.807, 2.05) is 78.5 Å². The summed E-state index contributed by atoms with van der Waals surface area (Å²) in [4.78, 5) is 38.1. The number of anilines is 1. The number of benzene rings is 2. The molecular weight excluding hydrogens is 512 g/mol. The van der Waals surface area contributed by atoms with E-state index < -0.39 is 0 Å². The average molecular weight is 555 g/mol. The van der Waals surface area contributed by atoms with E-state index in [4.69, 9.17) is 4.74 Å². The normalized spacial score (nSPS) is 19.7. The van der Waals surface area contributed by atoms with Gasteiger partial charge in [-0.3, -0.25) is 19.5 Å². The van der Waals surface area contributed by atoms with Gasteiger partial charge >= 0.3 is 0 Å². The van der Waals surface area contributed by atoms with E-state index in [-0.39, 0.29) is 17.9 Å². The molecule has 2 aliphatic rings. The van der Waals surface area contributed by atoms with Crippen LogP contribution in [0.1, 0.15) is 62.6 Å².